The molecular formula is C30H56N2O8. The maximum atomic E-state index is 10.6. The van der Waals surface area contributed by atoms with E-state index in [0.717, 1.165) is 37.1 Å². The molecule has 10 nitrogen and oxygen atoms in total. The Morgan fingerprint density at radius 1 is 0.475 bits per heavy atom. The maximum Gasteiger partial charge on any atom is 0.0948 e. The Morgan fingerprint density at radius 3 is 0.900 bits per heavy atom. The van der Waals surface area contributed by atoms with E-state index in [2.05, 4.69) is 0 Å². The van der Waals surface area contributed by atoms with Crippen molar-refractivity contribution in [2.45, 2.75) is 77.8 Å². The summed E-state index contributed by atoms with van der Waals surface area (Å²) in [5.74, 6) is 0. The fraction of sp³-hybridized carbons (Fsp3) is 0.800. The standard InChI is InChI=1S/C30H56N2O8/c1-5-13-37-21-27(33)17-31(18-28(34)22-38-14-6-2)25-9-11-26(12-10-25)32(19-29(35)23-39-15-7-3)20-30(36)24-40-16-8-4/h9-12,27-30,33-36H,5-8,13-24H2,1-4H3. The Balaban J connectivity index is 3.02. The van der Waals surface area contributed by atoms with Crippen LogP contribution in [0.3, 0.4) is 0 Å². The van der Waals surface area contributed by atoms with Crippen molar-refractivity contribution in [3.63, 3.8) is 0 Å². The zero-order valence-corrected chi connectivity index (χ0v) is 25.2. The minimum absolute atomic E-state index is 0.217. The highest BCUT2D eigenvalue weighted by Crippen LogP contribution is 2.23. The zero-order valence-electron chi connectivity index (χ0n) is 25.2. The first-order valence-corrected chi connectivity index (χ1v) is 15.0. The molecule has 4 N–H and O–H groups in total. The van der Waals surface area contributed by atoms with Crippen LogP contribution in [0.25, 0.3) is 0 Å². The van der Waals surface area contributed by atoms with Crippen molar-refractivity contribution in [3.8, 4) is 0 Å². The number of ether oxygens (including phenoxy) is 4. The Hall–Kier alpha value is -1.50. The first-order valence-electron chi connectivity index (χ1n) is 15.0. The van der Waals surface area contributed by atoms with Crippen LogP contribution in [0.5, 0.6) is 0 Å². The molecule has 0 aliphatic heterocycles. The van der Waals surface area contributed by atoms with E-state index < -0.39 is 24.4 Å². The highest BCUT2D eigenvalue weighted by molar-refractivity contribution is 5.57. The van der Waals surface area contributed by atoms with Crippen LogP contribution in [0.15, 0.2) is 24.3 Å². The second-order valence-electron chi connectivity index (χ2n) is 10.2. The number of hydrogen-bond acceptors (Lipinski definition) is 10. The van der Waals surface area contributed by atoms with Gasteiger partial charge in [0.2, 0.25) is 0 Å². The number of aliphatic hydroxyl groups is 4. The van der Waals surface area contributed by atoms with E-state index in [1.54, 1.807) is 0 Å². The van der Waals surface area contributed by atoms with E-state index in [9.17, 15) is 20.4 Å². The smallest absolute Gasteiger partial charge is 0.0948 e. The van der Waals surface area contributed by atoms with Gasteiger partial charge < -0.3 is 49.2 Å². The van der Waals surface area contributed by atoms with E-state index in [0.29, 0.717) is 52.6 Å². The molecule has 0 heterocycles. The molecule has 0 amide bonds. The van der Waals surface area contributed by atoms with Crippen molar-refractivity contribution in [1.29, 1.82) is 0 Å². The quantitative estimate of drug-likeness (QED) is 0.123. The normalized spacial score (nSPS) is 14.6. The van der Waals surface area contributed by atoms with E-state index in [4.69, 9.17) is 18.9 Å². The minimum Gasteiger partial charge on any atom is -0.389 e. The van der Waals surface area contributed by atoms with Gasteiger partial charge in [0.1, 0.15) is 0 Å². The Labute approximate surface area is 241 Å². The SMILES string of the molecule is CCCOCC(O)CN(CC(O)COCCC)c1ccc(N(CC(O)COCCC)CC(O)COCCC)cc1. The number of rotatable bonds is 26. The molecule has 0 aliphatic carbocycles. The van der Waals surface area contributed by atoms with Crippen LogP contribution in [-0.4, -0.2) is 124 Å². The van der Waals surface area contributed by atoms with Gasteiger partial charge in [-0.2, -0.15) is 0 Å². The maximum absolute atomic E-state index is 10.6. The molecule has 1 aromatic carbocycles. The van der Waals surface area contributed by atoms with Crippen molar-refractivity contribution in [2.75, 3.05) is 88.8 Å². The van der Waals surface area contributed by atoms with Gasteiger partial charge in [0.05, 0.1) is 50.8 Å². The highest BCUT2D eigenvalue weighted by atomic mass is 16.5. The third-order valence-electron chi connectivity index (χ3n) is 5.94. The molecule has 0 saturated heterocycles. The van der Waals surface area contributed by atoms with Crippen LogP contribution < -0.4 is 9.80 Å². The highest BCUT2D eigenvalue weighted by Gasteiger charge is 2.20. The molecule has 10 heteroatoms. The number of nitrogens with zero attached hydrogens (tertiary/aromatic N) is 2. The van der Waals surface area contributed by atoms with Gasteiger partial charge in [0, 0.05) is 64.0 Å². The molecule has 0 bridgehead atoms. The van der Waals surface area contributed by atoms with Gasteiger partial charge in [0.15, 0.2) is 0 Å². The lowest BCUT2D eigenvalue weighted by Gasteiger charge is -2.32. The van der Waals surface area contributed by atoms with Gasteiger partial charge in [-0.1, -0.05) is 27.7 Å². The fourth-order valence-corrected chi connectivity index (χ4v) is 4.13. The molecule has 0 fully saturated rings. The van der Waals surface area contributed by atoms with Gasteiger partial charge in [-0.05, 0) is 49.9 Å². The molecule has 0 saturated carbocycles. The van der Waals surface area contributed by atoms with Gasteiger partial charge in [-0.15, -0.1) is 0 Å². The molecular weight excluding hydrogens is 516 g/mol. The van der Waals surface area contributed by atoms with E-state index >= 15 is 0 Å². The van der Waals surface area contributed by atoms with Gasteiger partial charge in [0.25, 0.3) is 0 Å². The van der Waals surface area contributed by atoms with Crippen LogP contribution in [0, 0.1) is 0 Å². The van der Waals surface area contributed by atoms with Crippen molar-refractivity contribution in [2.24, 2.45) is 0 Å². The van der Waals surface area contributed by atoms with Crippen LogP contribution in [0.2, 0.25) is 0 Å². The number of anilines is 2. The molecule has 4 unspecified atom stereocenters. The Bertz CT molecular complexity index is 616. The molecule has 0 aromatic heterocycles. The largest absolute Gasteiger partial charge is 0.389 e. The van der Waals surface area contributed by atoms with E-state index in [-0.39, 0.29) is 26.4 Å². The van der Waals surface area contributed by atoms with Gasteiger partial charge in [-0.25, -0.2) is 0 Å². The van der Waals surface area contributed by atoms with Crippen LogP contribution in [0.4, 0.5) is 11.4 Å². The summed E-state index contributed by atoms with van der Waals surface area (Å²) in [5.41, 5.74) is 1.65. The summed E-state index contributed by atoms with van der Waals surface area (Å²) in [5, 5.41) is 42.3. The lowest BCUT2D eigenvalue weighted by Crippen LogP contribution is -2.42. The molecule has 4 atom stereocenters. The minimum atomic E-state index is -0.719. The molecule has 0 spiro atoms. The van der Waals surface area contributed by atoms with Crippen LogP contribution in [-0.2, 0) is 18.9 Å². The molecule has 0 aliphatic rings. The summed E-state index contributed by atoms with van der Waals surface area (Å²) >= 11 is 0. The molecule has 1 rings (SSSR count). The zero-order chi connectivity index (χ0) is 29.6. The topological polar surface area (TPSA) is 124 Å². The van der Waals surface area contributed by atoms with Crippen molar-refractivity contribution in [3.05, 3.63) is 24.3 Å². The van der Waals surface area contributed by atoms with Gasteiger partial charge >= 0.3 is 0 Å². The summed E-state index contributed by atoms with van der Waals surface area (Å²) in [7, 11) is 0. The lowest BCUT2D eigenvalue weighted by atomic mass is 10.2. The average molecular weight is 573 g/mol. The number of hydrogen-bond donors (Lipinski definition) is 4. The molecule has 234 valence electrons. The predicted molar refractivity (Wildman–Crippen MR) is 159 cm³/mol. The lowest BCUT2D eigenvalue weighted by molar-refractivity contribution is 0.0300. The summed E-state index contributed by atoms with van der Waals surface area (Å²) < 4.78 is 22.1. The Morgan fingerprint density at radius 2 is 0.700 bits per heavy atom. The van der Waals surface area contributed by atoms with Crippen LogP contribution in [0.1, 0.15) is 53.4 Å². The summed E-state index contributed by atoms with van der Waals surface area (Å²) in [4.78, 5) is 3.85. The summed E-state index contributed by atoms with van der Waals surface area (Å²) in [6, 6.07) is 7.67. The van der Waals surface area contributed by atoms with Crippen LogP contribution >= 0.6 is 0 Å². The molecule has 0 radical (unpaired) electrons. The number of aliphatic hydroxyl groups excluding tert-OH is 4. The Kier molecular flexibility index (Phi) is 21.1. The second kappa shape index (κ2) is 23.1. The molecule has 40 heavy (non-hydrogen) atoms. The average Bonchev–Trinajstić information content (AvgIpc) is 2.93. The summed E-state index contributed by atoms with van der Waals surface area (Å²) in [6.07, 6.45) is 0.625. The fourth-order valence-electron chi connectivity index (χ4n) is 4.13. The van der Waals surface area contributed by atoms with Crippen molar-refractivity contribution in [1.82, 2.24) is 0 Å². The molecule has 1 aromatic rings. The van der Waals surface area contributed by atoms with Gasteiger partial charge in [-0.3, -0.25) is 0 Å². The predicted octanol–water partition coefficient (Wildman–Crippen LogP) is 2.45. The first kappa shape index (κ1) is 36.5. The van der Waals surface area contributed by atoms with Crippen molar-refractivity contribution < 1.29 is 39.4 Å². The summed E-state index contributed by atoms with van der Waals surface area (Å²) in [6.45, 7) is 12.4. The van der Waals surface area contributed by atoms with Crippen molar-refractivity contribution >= 4 is 11.4 Å². The number of benzene rings is 1. The van der Waals surface area contributed by atoms with E-state index in [1.165, 1.54) is 0 Å². The first-order chi connectivity index (χ1) is 19.3. The second-order valence-corrected chi connectivity index (χ2v) is 10.2. The van der Waals surface area contributed by atoms with E-state index in [1.807, 2.05) is 61.8 Å². The third kappa shape index (κ3) is 16.7. The monoisotopic (exact) mass is 572 g/mol. The third-order valence-corrected chi connectivity index (χ3v) is 5.94.